The van der Waals surface area contributed by atoms with Gasteiger partial charge < -0.3 is 4.74 Å². The van der Waals surface area contributed by atoms with Crippen molar-refractivity contribution in [3.8, 4) is 11.8 Å². The molecule has 0 aliphatic carbocycles. The summed E-state index contributed by atoms with van der Waals surface area (Å²) in [7, 11) is 0. The first-order valence-corrected chi connectivity index (χ1v) is 5.09. The van der Waals surface area contributed by atoms with E-state index in [1.165, 1.54) is 0 Å². The Bertz CT molecular complexity index is 456. The maximum Gasteiger partial charge on any atom is 0.127 e. The number of nitrogens with zero attached hydrogens (tertiary/aromatic N) is 1. The fraction of sp³-hybridized carbons (Fsp3) is 0.308. The molecule has 1 aliphatic rings. The molecular weight excluding hydrogens is 186 g/mol. The predicted octanol–water partition coefficient (Wildman–Crippen LogP) is 3.13. The normalized spacial score (nSPS) is 22.7. The van der Waals surface area contributed by atoms with Crippen LogP contribution in [0.5, 0.6) is 5.75 Å². The van der Waals surface area contributed by atoms with Crippen LogP contribution in [0.25, 0.3) is 6.08 Å². The Morgan fingerprint density at radius 1 is 1.47 bits per heavy atom. The van der Waals surface area contributed by atoms with Crippen LogP contribution in [0.1, 0.15) is 31.4 Å². The molecule has 0 fully saturated rings. The highest BCUT2D eigenvalue weighted by Gasteiger charge is 2.24. The van der Waals surface area contributed by atoms with Crippen molar-refractivity contribution in [1.82, 2.24) is 0 Å². The summed E-state index contributed by atoms with van der Waals surface area (Å²) in [5, 5.41) is 8.77. The molecule has 0 radical (unpaired) electrons. The number of nitriles is 1. The van der Waals surface area contributed by atoms with E-state index in [-0.39, 0.29) is 5.60 Å². The van der Waals surface area contributed by atoms with E-state index >= 15 is 0 Å². The first kappa shape index (κ1) is 9.79. The third-order valence-corrected chi connectivity index (χ3v) is 2.80. The summed E-state index contributed by atoms with van der Waals surface area (Å²) in [6, 6.07) is 7.62. The van der Waals surface area contributed by atoms with Crippen molar-refractivity contribution in [3.05, 3.63) is 35.4 Å². The van der Waals surface area contributed by atoms with E-state index in [4.69, 9.17) is 10.00 Å². The summed E-state index contributed by atoms with van der Waals surface area (Å²) < 4.78 is 5.87. The maximum absolute atomic E-state index is 8.77. The quantitative estimate of drug-likeness (QED) is 0.696. The molecular formula is C13H13NO. The Labute approximate surface area is 89.8 Å². The van der Waals surface area contributed by atoms with Crippen LogP contribution in [0.3, 0.4) is 0 Å². The monoisotopic (exact) mass is 199 g/mol. The van der Waals surface area contributed by atoms with Gasteiger partial charge >= 0.3 is 0 Å². The lowest BCUT2D eigenvalue weighted by atomic mass is 9.97. The van der Waals surface area contributed by atoms with Crippen molar-refractivity contribution < 1.29 is 4.74 Å². The van der Waals surface area contributed by atoms with Crippen molar-refractivity contribution in [2.45, 2.75) is 25.9 Å². The number of rotatable bonds is 1. The molecule has 1 unspecified atom stereocenters. The molecule has 0 amide bonds. The molecule has 2 rings (SSSR count). The molecule has 1 heterocycles. The number of hydrogen-bond acceptors (Lipinski definition) is 2. The number of ether oxygens (including phenoxy) is 1. The highest BCUT2D eigenvalue weighted by molar-refractivity contribution is 5.62. The smallest absolute Gasteiger partial charge is 0.127 e. The average Bonchev–Trinajstić information content (AvgIpc) is 2.28. The highest BCUT2D eigenvalue weighted by Crippen LogP contribution is 2.32. The molecule has 1 aromatic rings. The van der Waals surface area contributed by atoms with E-state index in [0.717, 1.165) is 17.7 Å². The molecule has 1 atom stereocenters. The van der Waals surface area contributed by atoms with Crippen LogP contribution in [0, 0.1) is 11.3 Å². The third-order valence-electron chi connectivity index (χ3n) is 2.80. The molecule has 76 valence electrons. The summed E-state index contributed by atoms with van der Waals surface area (Å²) in [5.74, 6) is 0.862. The second-order valence-electron chi connectivity index (χ2n) is 3.97. The van der Waals surface area contributed by atoms with Gasteiger partial charge in [0.2, 0.25) is 0 Å². The van der Waals surface area contributed by atoms with E-state index < -0.39 is 0 Å². The Morgan fingerprint density at radius 3 is 2.93 bits per heavy atom. The van der Waals surface area contributed by atoms with Gasteiger partial charge in [-0.05, 0) is 37.6 Å². The Hall–Kier alpha value is -1.75. The van der Waals surface area contributed by atoms with Crippen LogP contribution in [-0.2, 0) is 0 Å². The molecule has 0 saturated heterocycles. The van der Waals surface area contributed by atoms with E-state index in [2.05, 4.69) is 26.0 Å². The van der Waals surface area contributed by atoms with Gasteiger partial charge in [0.25, 0.3) is 0 Å². The minimum atomic E-state index is -0.207. The van der Waals surface area contributed by atoms with E-state index in [1.807, 2.05) is 18.2 Å². The fourth-order valence-electron chi connectivity index (χ4n) is 1.58. The lowest BCUT2D eigenvalue weighted by Gasteiger charge is -2.30. The molecule has 2 nitrogen and oxygen atoms in total. The van der Waals surface area contributed by atoms with Crippen molar-refractivity contribution in [2.24, 2.45) is 0 Å². The first-order valence-electron chi connectivity index (χ1n) is 5.09. The molecule has 1 aliphatic heterocycles. The molecule has 0 N–H and O–H groups in total. The molecule has 1 aromatic carbocycles. The summed E-state index contributed by atoms with van der Waals surface area (Å²) in [6.07, 6.45) is 5.02. The van der Waals surface area contributed by atoms with Gasteiger partial charge in [-0.1, -0.05) is 13.0 Å². The van der Waals surface area contributed by atoms with Crippen LogP contribution in [0.15, 0.2) is 24.3 Å². The lowest BCUT2D eigenvalue weighted by molar-refractivity contribution is 0.133. The zero-order chi connectivity index (χ0) is 10.9. The zero-order valence-corrected chi connectivity index (χ0v) is 8.95. The summed E-state index contributed by atoms with van der Waals surface area (Å²) >= 11 is 0. The van der Waals surface area contributed by atoms with Gasteiger partial charge in [-0.15, -0.1) is 0 Å². The van der Waals surface area contributed by atoms with Crippen LogP contribution in [-0.4, -0.2) is 5.60 Å². The van der Waals surface area contributed by atoms with Gasteiger partial charge in [0.15, 0.2) is 0 Å². The third kappa shape index (κ3) is 1.73. The average molecular weight is 199 g/mol. The SMILES string of the molecule is CCC1(C)C=Cc2cc(C#N)ccc2O1. The fourth-order valence-corrected chi connectivity index (χ4v) is 1.58. The topological polar surface area (TPSA) is 33.0 Å². The largest absolute Gasteiger partial charge is 0.483 e. The standard InChI is InChI=1S/C13H13NO/c1-3-13(2)7-6-11-8-10(9-14)4-5-12(11)15-13/h4-8H,3H2,1-2H3. The molecule has 0 bridgehead atoms. The molecule has 0 saturated carbocycles. The Morgan fingerprint density at radius 2 is 2.27 bits per heavy atom. The van der Waals surface area contributed by atoms with Gasteiger partial charge in [-0.25, -0.2) is 0 Å². The minimum Gasteiger partial charge on any atom is -0.483 e. The second kappa shape index (κ2) is 3.43. The summed E-state index contributed by atoms with van der Waals surface area (Å²) in [5.41, 5.74) is 1.45. The van der Waals surface area contributed by atoms with Crippen molar-refractivity contribution in [3.63, 3.8) is 0 Å². The van der Waals surface area contributed by atoms with Crippen molar-refractivity contribution in [2.75, 3.05) is 0 Å². The predicted molar refractivity (Wildman–Crippen MR) is 59.5 cm³/mol. The Balaban J connectivity index is 2.42. The Kier molecular flexibility index (Phi) is 2.24. The molecule has 2 heteroatoms. The molecule has 15 heavy (non-hydrogen) atoms. The summed E-state index contributed by atoms with van der Waals surface area (Å²) in [6.45, 7) is 4.16. The second-order valence-corrected chi connectivity index (χ2v) is 3.97. The first-order chi connectivity index (χ1) is 7.17. The van der Waals surface area contributed by atoms with Crippen molar-refractivity contribution in [1.29, 1.82) is 5.26 Å². The van der Waals surface area contributed by atoms with E-state index in [9.17, 15) is 0 Å². The summed E-state index contributed by atoms with van der Waals surface area (Å²) in [4.78, 5) is 0. The van der Waals surface area contributed by atoms with Crippen LogP contribution in [0.4, 0.5) is 0 Å². The molecule has 0 spiro atoms. The van der Waals surface area contributed by atoms with Gasteiger partial charge in [0.1, 0.15) is 11.4 Å². The van der Waals surface area contributed by atoms with Gasteiger partial charge in [-0.3, -0.25) is 0 Å². The van der Waals surface area contributed by atoms with E-state index in [0.29, 0.717) is 5.56 Å². The zero-order valence-electron chi connectivity index (χ0n) is 8.95. The van der Waals surface area contributed by atoms with Crippen LogP contribution in [0.2, 0.25) is 0 Å². The van der Waals surface area contributed by atoms with Crippen LogP contribution < -0.4 is 4.74 Å². The van der Waals surface area contributed by atoms with Gasteiger partial charge in [0, 0.05) is 5.56 Å². The lowest BCUT2D eigenvalue weighted by Crippen LogP contribution is -2.30. The van der Waals surface area contributed by atoms with Crippen LogP contribution >= 0.6 is 0 Å². The van der Waals surface area contributed by atoms with E-state index in [1.54, 1.807) is 6.07 Å². The highest BCUT2D eigenvalue weighted by atomic mass is 16.5. The molecule has 0 aromatic heterocycles. The van der Waals surface area contributed by atoms with Crippen molar-refractivity contribution >= 4 is 6.08 Å². The number of hydrogen-bond donors (Lipinski definition) is 0. The van der Waals surface area contributed by atoms with Gasteiger partial charge in [0.05, 0.1) is 11.6 Å². The number of fused-ring (bicyclic) bond motifs is 1. The number of benzene rings is 1. The minimum absolute atomic E-state index is 0.207. The maximum atomic E-state index is 8.77. The van der Waals surface area contributed by atoms with Gasteiger partial charge in [-0.2, -0.15) is 5.26 Å².